The third kappa shape index (κ3) is 6.69. The normalized spacial score (nSPS) is 11.0. The number of amides is 1. The van der Waals surface area contributed by atoms with Crippen LogP contribution < -0.4 is 14.8 Å². The number of ether oxygens (including phenoxy) is 2. The lowest BCUT2D eigenvalue weighted by Gasteiger charge is -2.18. The third-order valence-electron chi connectivity index (χ3n) is 4.00. The second-order valence-corrected chi connectivity index (χ2v) is 6.95. The summed E-state index contributed by atoms with van der Waals surface area (Å²) in [6.07, 6.45) is 2.27. The molecule has 0 radical (unpaired) electrons. The van der Waals surface area contributed by atoms with E-state index in [1.54, 1.807) is 23.9 Å². The average Bonchev–Trinajstić information content (AvgIpc) is 2.66. The van der Waals surface area contributed by atoms with Crippen molar-refractivity contribution in [2.75, 3.05) is 32.3 Å². The van der Waals surface area contributed by atoms with Crippen LogP contribution in [0.15, 0.2) is 47.4 Å². The molecule has 5 nitrogen and oxygen atoms in total. The first-order chi connectivity index (χ1) is 13.4. The van der Waals surface area contributed by atoms with Crippen molar-refractivity contribution in [3.63, 3.8) is 0 Å². The van der Waals surface area contributed by atoms with Crippen LogP contribution in [0.1, 0.15) is 12.0 Å². The summed E-state index contributed by atoms with van der Waals surface area (Å²) in [5, 5.41) is 2.92. The van der Waals surface area contributed by atoms with Crippen molar-refractivity contribution in [3.05, 3.63) is 48.0 Å². The number of halogens is 2. The summed E-state index contributed by atoms with van der Waals surface area (Å²) in [6, 6.07) is 12.5. The number of rotatable bonds is 10. The molecule has 0 bridgehead atoms. The minimum absolute atomic E-state index is 0.00480. The van der Waals surface area contributed by atoms with Gasteiger partial charge in [-0.1, -0.05) is 18.2 Å². The fourth-order valence-corrected chi connectivity index (χ4v) is 3.20. The van der Waals surface area contributed by atoms with Gasteiger partial charge in [-0.25, -0.2) is 0 Å². The highest BCUT2D eigenvalue weighted by Crippen LogP contribution is 2.30. The van der Waals surface area contributed by atoms with Crippen molar-refractivity contribution >= 4 is 23.4 Å². The highest BCUT2D eigenvalue weighted by atomic mass is 32.2. The lowest BCUT2D eigenvalue weighted by atomic mass is 10.2. The number of para-hydroxylation sites is 1. The number of carbonyl (C=O) groups is 1. The first-order valence-electron chi connectivity index (χ1n) is 8.66. The lowest BCUT2D eigenvalue weighted by Crippen LogP contribution is -2.24. The molecule has 28 heavy (non-hydrogen) atoms. The van der Waals surface area contributed by atoms with Gasteiger partial charge >= 0.3 is 6.61 Å². The van der Waals surface area contributed by atoms with Crippen LogP contribution in [0.4, 0.5) is 14.5 Å². The molecule has 0 aliphatic carbocycles. The molecule has 0 heterocycles. The number of carbonyl (C=O) groups excluding carboxylic acids is 1. The highest BCUT2D eigenvalue weighted by Gasteiger charge is 2.13. The number of nitrogens with zero attached hydrogens (tertiary/aromatic N) is 1. The Bertz CT molecular complexity index is 790. The Morgan fingerprint density at radius 1 is 1.21 bits per heavy atom. The van der Waals surface area contributed by atoms with Crippen molar-refractivity contribution in [1.29, 1.82) is 0 Å². The summed E-state index contributed by atoms with van der Waals surface area (Å²) < 4.78 is 34.6. The van der Waals surface area contributed by atoms with E-state index in [0.717, 1.165) is 16.1 Å². The molecule has 0 unspecified atom stereocenters. The minimum atomic E-state index is -2.92. The van der Waals surface area contributed by atoms with Gasteiger partial charge < -0.3 is 19.7 Å². The summed E-state index contributed by atoms with van der Waals surface area (Å²) in [7, 11) is 3.26. The van der Waals surface area contributed by atoms with Crippen LogP contribution in [0.3, 0.4) is 0 Å². The van der Waals surface area contributed by atoms with E-state index in [2.05, 4.69) is 10.1 Å². The Labute approximate surface area is 168 Å². The molecule has 2 aromatic carbocycles. The van der Waals surface area contributed by atoms with E-state index in [-0.39, 0.29) is 17.4 Å². The second-order valence-electron chi connectivity index (χ2n) is 6.10. The number of nitrogens with one attached hydrogen (secondary N) is 1. The molecule has 1 amide bonds. The van der Waals surface area contributed by atoms with E-state index in [1.807, 2.05) is 42.5 Å². The van der Waals surface area contributed by atoms with Gasteiger partial charge in [-0.2, -0.15) is 8.78 Å². The Morgan fingerprint density at radius 2 is 1.96 bits per heavy atom. The van der Waals surface area contributed by atoms with Gasteiger partial charge in [-0.05, 0) is 43.1 Å². The Morgan fingerprint density at radius 3 is 2.64 bits per heavy atom. The largest absolute Gasteiger partial charge is 0.493 e. The summed E-state index contributed by atoms with van der Waals surface area (Å²) in [5.41, 5.74) is 1.58. The zero-order valence-corrected chi connectivity index (χ0v) is 16.9. The third-order valence-corrected chi connectivity index (χ3v) is 4.79. The maximum atomic E-state index is 12.5. The quantitative estimate of drug-likeness (QED) is 0.586. The molecule has 2 aromatic rings. The van der Waals surface area contributed by atoms with Gasteiger partial charge in [-0.3, -0.25) is 4.79 Å². The lowest BCUT2D eigenvalue weighted by molar-refractivity contribution is -0.116. The van der Waals surface area contributed by atoms with Gasteiger partial charge in [0.25, 0.3) is 0 Å². The number of anilines is 1. The standard InChI is InChI=1S/C20H24F2N2O3S/c1-24(11-10-19(25)23-15-6-4-5-7-18(15)28-3)13-14-8-9-16(26-2)17(12-14)27-20(21)22/h4-9,12,20H,10-11,13H2,1-3H3,(H,23,25). The van der Waals surface area contributed by atoms with Crippen molar-refractivity contribution in [3.8, 4) is 11.5 Å². The first-order valence-corrected chi connectivity index (χ1v) is 9.88. The molecule has 0 saturated carbocycles. The fraction of sp³-hybridized carbons (Fsp3) is 0.350. The first kappa shape index (κ1) is 22.0. The van der Waals surface area contributed by atoms with E-state index in [1.165, 1.54) is 13.2 Å². The molecular formula is C20H24F2N2O3S. The average molecular weight is 410 g/mol. The Kier molecular flexibility index (Phi) is 8.53. The summed E-state index contributed by atoms with van der Waals surface area (Å²) in [6.45, 7) is -1.92. The zero-order chi connectivity index (χ0) is 20.5. The minimum Gasteiger partial charge on any atom is -0.493 e. The predicted octanol–water partition coefficient (Wildman–Crippen LogP) is 4.48. The molecule has 0 atom stereocenters. The zero-order valence-electron chi connectivity index (χ0n) is 16.1. The monoisotopic (exact) mass is 410 g/mol. The Balaban J connectivity index is 1.89. The number of benzene rings is 2. The maximum Gasteiger partial charge on any atom is 0.387 e. The van der Waals surface area contributed by atoms with E-state index in [0.29, 0.717) is 19.5 Å². The smallest absolute Gasteiger partial charge is 0.387 e. The van der Waals surface area contributed by atoms with Gasteiger partial charge in [0.2, 0.25) is 5.91 Å². The van der Waals surface area contributed by atoms with Crippen LogP contribution in [0.5, 0.6) is 11.5 Å². The number of thioether (sulfide) groups is 1. The van der Waals surface area contributed by atoms with E-state index >= 15 is 0 Å². The number of hydrogen-bond acceptors (Lipinski definition) is 5. The van der Waals surface area contributed by atoms with Crippen LogP contribution in [-0.4, -0.2) is 44.4 Å². The molecular weight excluding hydrogens is 386 g/mol. The summed E-state index contributed by atoms with van der Waals surface area (Å²) in [4.78, 5) is 15.2. The molecule has 0 spiro atoms. The van der Waals surface area contributed by atoms with Crippen LogP contribution in [0, 0.1) is 0 Å². The SMILES string of the molecule is COc1ccc(CN(C)CCC(=O)Nc2ccccc2SC)cc1OC(F)F. The van der Waals surface area contributed by atoms with Crippen LogP contribution in [0.2, 0.25) is 0 Å². The van der Waals surface area contributed by atoms with E-state index in [4.69, 9.17) is 4.74 Å². The van der Waals surface area contributed by atoms with Gasteiger partial charge in [0.05, 0.1) is 12.8 Å². The Hall–Kier alpha value is -2.32. The molecule has 152 valence electrons. The van der Waals surface area contributed by atoms with Gasteiger partial charge in [-0.15, -0.1) is 11.8 Å². The van der Waals surface area contributed by atoms with E-state index < -0.39 is 6.61 Å². The predicted molar refractivity (Wildman–Crippen MR) is 107 cm³/mol. The number of alkyl halides is 2. The molecule has 2 rings (SSSR count). The molecule has 0 saturated heterocycles. The molecule has 0 fully saturated rings. The van der Waals surface area contributed by atoms with Crippen molar-refractivity contribution in [2.24, 2.45) is 0 Å². The van der Waals surface area contributed by atoms with Crippen molar-refractivity contribution in [2.45, 2.75) is 24.5 Å². The summed E-state index contributed by atoms with van der Waals surface area (Å²) in [5.74, 6) is 0.165. The van der Waals surface area contributed by atoms with Crippen LogP contribution in [0.25, 0.3) is 0 Å². The van der Waals surface area contributed by atoms with Crippen molar-refractivity contribution in [1.82, 2.24) is 4.90 Å². The number of methoxy groups -OCH3 is 1. The molecule has 0 aliphatic rings. The molecule has 0 aliphatic heterocycles. The second kappa shape index (κ2) is 10.9. The van der Waals surface area contributed by atoms with Gasteiger partial charge in [0.1, 0.15) is 0 Å². The number of hydrogen-bond donors (Lipinski definition) is 1. The van der Waals surface area contributed by atoms with Crippen molar-refractivity contribution < 1.29 is 23.0 Å². The van der Waals surface area contributed by atoms with Crippen LogP contribution in [-0.2, 0) is 11.3 Å². The van der Waals surface area contributed by atoms with Gasteiger partial charge in [0, 0.05) is 24.4 Å². The van der Waals surface area contributed by atoms with E-state index in [9.17, 15) is 13.6 Å². The fourth-order valence-electron chi connectivity index (χ4n) is 2.65. The maximum absolute atomic E-state index is 12.5. The molecule has 0 aromatic heterocycles. The highest BCUT2D eigenvalue weighted by molar-refractivity contribution is 7.98. The molecule has 1 N–H and O–H groups in total. The van der Waals surface area contributed by atoms with Crippen LogP contribution >= 0.6 is 11.8 Å². The topological polar surface area (TPSA) is 50.8 Å². The molecule has 8 heteroatoms. The van der Waals surface area contributed by atoms with Gasteiger partial charge in [0.15, 0.2) is 11.5 Å². The summed E-state index contributed by atoms with van der Waals surface area (Å²) >= 11 is 1.57.